The van der Waals surface area contributed by atoms with Crippen LogP contribution in [0.2, 0.25) is 0 Å². The molecular weight excluding hydrogens is 365 g/mol. The highest BCUT2D eigenvalue weighted by atomic mass is 19.1. The molecule has 0 saturated carbocycles. The molecule has 0 atom stereocenters. The van der Waals surface area contributed by atoms with E-state index in [-0.39, 0.29) is 35.5 Å². The van der Waals surface area contributed by atoms with Crippen LogP contribution < -0.4 is 10.8 Å². The lowest BCUT2D eigenvalue weighted by Crippen LogP contribution is -2.25. The number of carboxylic acids is 1. The molecule has 28 heavy (non-hydrogen) atoms. The Kier molecular flexibility index (Phi) is 9.13. The zero-order valence-corrected chi connectivity index (χ0v) is 15.9. The van der Waals surface area contributed by atoms with Crippen LogP contribution in [0.5, 0.6) is 0 Å². The fourth-order valence-electron chi connectivity index (χ4n) is 2.09. The van der Waals surface area contributed by atoms with Gasteiger partial charge in [-0.25, -0.2) is 9.87 Å². The van der Waals surface area contributed by atoms with Gasteiger partial charge < -0.3 is 10.4 Å². The summed E-state index contributed by atoms with van der Waals surface area (Å²) in [6.07, 6.45) is -0.271. The highest BCUT2D eigenvalue weighted by Crippen LogP contribution is 2.25. The second-order valence-corrected chi connectivity index (χ2v) is 5.40. The van der Waals surface area contributed by atoms with Gasteiger partial charge >= 0.3 is 5.97 Å². The van der Waals surface area contributed by atoms with Crippen molar-refractivity contribution in [3.05, 3.63) is 58.9 Å². The first kappa shape index (κ1) is 22.6. The van der Waals surface area contributed by atoms with E-state index < -0.39 is 17.7 Å². The summed E-state index contributed by atoms with van der Waals surface area (Å²) in [5.74, 6) is -2.22. The van der Waals surface area contributed by atoms with Crippen LogP contribution in [0.4, 0.5) is 15.8 Å². The number of hydrogen-bond donors (Lipinski definition) is 3. The maximum absolute atomic E-state index is 14.1. The van der Waals surface area contributed by atoms with Gasteiger partial charge in [-0.3, -0.25) is 14.4 Å². The molecule has 2 rings (SSSR count). The van der Waals surface area contributed by atoms with E-state index in [0.29, 0.717) is 0 Å². The van der Waals surface area contributed by atoms with Crippen molar-refractivity contribution in [3.8, 4) is 6.07 Å². The number of aliphatic carboxylic acids is 1. The van der Waals surface area contributed by atoms with Crippen LogP contribution in [-0.4, -0.2) is 23.6 Å². The van der Waals surface area contributed by atoms with Gasteiger partial charge in [-0.1, -0.05) is 19.9 Å². The van der Waals surface area contributed by atoms with E-state index >= 15 is 0 Å². The van der Waals surface area contributed by atoms with Crippen LogP contribution in [0.15, 0.2) is 36.4 Å². The number of carboxylic acid groups (broad SMARTS) is 1. The van der Waals surface area contributed by atoms with Crippen LogP contribution in [-0.2, 0) is 9.63 Å². The Morgan fingerprint density at radius 1 is 1.18 bits per heavy atom. The lowest BCUT2D eigenvalue weighted by atomic mass is 10.1. The van der Waals surface area contributed by atoms with Gasteiger partial charge in [0.1, 0.15) is 5.82 Å². The fraction of sp³-hybridized carbons (Fsp3) is 0.250. The number of halogens is 1. The first-order valence-electron chi connectivity index (χ1n) is 8.62. The van der Waals surface area contributed by atoms with Crippen molar-refractivity contribution in [1.82, 2.24) is 5.48 Å². The van der Waals surface area contributed by atoms with Gasteiger partial charge in [-0.05, 0) is 42.8 Å². The molecule has 0 radical (unpaired) electrons. The van der Waals surface area contributed by atoms with Crippen molar-refractivity contribution in [2.75, 3.05) is 11.9 Å². The largest absolute Gasteiger partial charge is 0.481 e. The smallest absolute Gasteiger partial charge is 0.305 e. The van der Waals surface area contributed by atoms with Crippen molar-refractivity contribution in [1.29, 1.82) is 5.26 Å². The number of amides is 1. The summed E-state index contributed by atoms with van der Waals surface area (Å²) in [5.41, 5.74) is 3.61. The highest BCUT2D eigenvalue weighted by molar-refractivity contribution is 6.00. The minimum Gasteiger partial charge on any atom is -0.481 e. The van der Waals surface area contributed by atoms with E-state index in [4.69, 9.17) is 15.2 Å². The van der Waals surface area contributed by atoms with Gasteiger partial charge in [-0.15, -0.1) is 0 Å². The molecule has 0 aliphatic heterocycles. The van der Waals surface area contributed by atoms with Crippen LogP contribution in [0.1, 0.15) is 41.8 Å². The molecule has 148 valence electrons. The van der Waals surface area contributed by atoms with Crippen LogP contribution in [0, 0.1) is 24.1 Å². The number of aryl methyl sites for hydroxylation is 1. The standard InChI is InChI=1S/C18H16FN3O4.C2H6/c1-11-2-5-15(14(19)8-11)21-16-9-12(10-20)3-4-13(16)18(25)22-26-7-6-17(23)24;1-2/h2-5,8-9,21H,6-7H2,1H3,(H,22,25)(H,23,24);1-2H3. The van der Waals surface area contributed by atoms with Crippen molar-refractivity contribution in [3.63, 3.8) is 0 Å². The molecule has 0 saturated heterocycles. The first-order chi connectivity index (χ1) is 13.4. The Morgan fingerprint density at radius 3 is 2.50 bits per heavy atom. The SMILES string of the molecule is CC.Cc1ccc(Nc2cc(C#N)ccc2C(=O)NOCCC(=O)O)c(F)c1. The van der Waals surface area contributed by atoms with E-state index in [1.807, 2.05) is 19.9 Å². The maximum Gasteiger partial charge on any atom is 0.305 e. The zero-order valence-electron chi connectivity index (χ0n) is 15.9. The summed E-state index contributed by atoms with van der Waals surface area (Å²) in [4.78, 5) is 27.5. The monoisotopic (exact) mass is 387 g/mol. The topological polar surface area (TPSA) is 111 Å². The molecule has 0 heterocycles. The summed E-state index contributed by atoms with van der Waals surface area (Å²) < 4.78 is 14.1. The number of anilines is 2. The molecule has 3 N–H and O–H groups in total. The number of carbonyl (C=O) groups excluding carboxylic acids is 1. The van der Waals surface area contributed by atoms with Crippen molar-refractivity contribution in [2.24, 2.45) is 0 Å². The predicted molar refractivity (Wildman–Crippen MR) is 103 cm³/mol. The van der Waals surface area contributed by atoms with Crippen LogP contribution in [0.25, 0.3) is 0 Å². The van der Waals surface area contributed by atoms with Crippen LogP contribution >= 0.6 is 0 Å². The Balaban J connectivity index is 0.00000190. The third-order valence-electron chi connectivity index (χ3n) is 3.37. The molecular formula is C20H22FN3O4. The third-order valence-corrected chi connectivity index (χ3v) is 3.37. The Labute approximate surface area is 162 Å². The second kappa shape index (κ2) is 11.3. The van der Waals surface area contributed by atoms with Gasteiger partial charge in [-0.2, -0.15) is 5.26 Å². The van der Waals surface area contributed by atoms with Crippen molar-refractivity contribution in [2.45, 2.75) is 27.2 Å². The molecule has 2 aromatic rings. The Hall–Kier alpha value is -3.44. The number of benzene rings is 2. The van der Waals surface area contributed by atoms with E-state index in [1.165, 1.54) is 30.3 Å². The number of hydrogen-bond acceptors (Lipinski definition) is 5. The summed E-state index contributed by atoms with van der Waals surface area (Å²) in [6, 6.07) is 10.7. The third kappa shape index (κ3) is 6.70. The van der Waals surface area contributed by atoms with Gasteiger partial charge in [0.05, 0.1) is 41.6 Å². The molecule has 2 aromatic carbocycles. The van der Waals surface area contributed by atoms with Gasteiger partial charge in [0.2, 0.25) is 0 Å². The van der Waals surface area contributed by atoms with Gasteiger partial charge in [0.25, 0.3) is 5.91 Å². The molecule has 0 bridgehead atoms. The Bertz CT molecular complexity index is 878. The molecule has 0 unspecified atom stereocenters. The molecule has 8 heteroatoms. The van der Waals surface area contributed by atoms with Crippen molar-refractivity contribution < 1.29 is 23.9 Å². The predicted octanol–water partition coefficient (Wildman–Crippen LogP) is 3.91. The highest BCUT2D eigenvalue weighted by Gasteiger charge is 2.14. The lowest BCUT2D eigenvalue weighted by Gasteiger charge is -2.13. The number of nitriles is 1. The van der Waals surface area contributed by atoms with E-state index in [1.54, 1.807) is 13.0 Å². The molecule has 0 fully saturated rings. The summed E-state index contributed by atoms with van der Waals surface area (Å²) >= 11 is 0. The molecule has 0 aliphatic rings. The van der Waals surface area contributed by atoms with Gasteiger partial charge in [0, 0.05) is 0 Å². The quantitative estimate of drug-likeness (QED) is 0.491. The average molecular weight is 387 g/mol. The first-order valence-corrected chi connectivity index (χ1v) is 8.62. The average Bonchev–Trinajstić information content (AvgIpc) is 2.68. The summed E-state index contributed by atoms with van der Waals surface area (Å²) in [7, 11) is 0. The molecule has 0 spiro atoms. The number of hydroxylamine groups is 1. The van der Waals surface area contributed by atoms with Gasteiger partial charge in [0.15, 0.2) is 0 Å². The van der Waals surface area contributed by atoms with E-state index in [0.717, 1.165) is 5.56 Å². The fourth-order valence-corrected chi connectivity index (χ4v) is 2.09. The van der Waals surface area contributed by atoms with Crippen LogP contribution in [0.3, 0.4) is 0 Å². The van der Waals surface area contributed by atoms with E-state index in [2.05, 4.69) is 10.8 Å². The second-order valence-electron chi connectivity index (χ2n) is 5.40. The number of carbonyl (C=O) groups is 2. The molecule has 0 aliphatic carbocycles. The number of nitrogens with one attached hydrogen (secondary N) is 2. The lowest BCUT2D eigenvalue weighted by molar-refractivity contribution is -0.138. The zero-order chi connectivity index (χ0) is 21.1. The summed E-state index contributed by atoms with van der Waals surface area (Å²) in [6.45, 7) is 5.54. The number of nitrogens with zero attached hydrogens (tertiary/aromatic N) is 1. The normalized spacial score (nSPS) is 9.54. The maximum atomic E-state index is 14.1. The molecule has 0 aromatic heterocycles. The Morgan fingerprint density at radius 2 is 1.89 bits per heavy atom. The molecule has 1 amide bonds. The van der Waals surface area contributed by atoms with E-state index in [9.17, 15) is 14.0 Å². The minimum atomic E-state index is -1.06. The number of rotatable bonds is 7. The van der Waals surface area contributed by atoms with Crippen molar-refractivity contribution >= 4 is 23.3 Å². The molecule has 7 nitrogen and oxygen atoms in total. The minimum absolute atomic E-state index is 0.110. The summed E-state index contributed by atoms with van der Waals surface area (Å²) in [5, 5.41) is 20.4.